The van der Waals surface area contributed by atoms with Crippen molar-refractivity contribution in [1.82, 2.24) is 0 Å². The van der Waals surface area contributed by atoms with Gasteiger partial charge in [-0.25, -0.2) is 0 Å². The molecule has 0 aromatic heterocycles. The minimum atomic E-state index is -0.258. The Labute approximate surface area is 113 Å². The van der Waals surface area contributed by atoms with Crippen molar-refractivity contribution >= 4 is 0 Å². The maximum Gasteiger partial charge on any atom is 0.0609 e. The largest absolute Gasteiger partial charge is 0.393 e. The van der Waals surface area contributed by atoms with Gasteiger partial charge in [0, 0.05) is 0 Å². The van der Waals surface area contributed by atoms with E-state index in [1.807, 2.05) is 6.92 Å². The molecule has 3 atom stereocenters. The van der Waals surface area contributed by atoms with Gasteiger partial charge in [-0.2, -0.15) is 0 Å². The summed E-state index contributed by atoms with van der Waals surface area (Å²) in [6, 6.07) is 0. The van der Waals surface area contributed by atoms with Crippen LogP contribution in [0.5, 0.6) is 0 Å². The van der Waals surface area contributed by atoms with Gasteiger partial charge < -0.3 is 9.84 Å². The fourth-order valence-corrected chi connectivity index (χ4v) is 3.16. The number of aliphatic hydroxyl groups is 1. The molecule has 108 valence electrons. The summed E-state index contributed by atoms with van der Waals surface area (Å²) in [5.74, 6) is 1.44. The predicted molar refractivity (Wildman–Crippen MR) is 76.7 cm³/mol. The molecular weight excluding hydrogens is 224 g/mol. The molecule has 0 aliphatic heterocycles. The minimum absolute atomic E-state index is 0.177. The molecule has 2 nitrogen and oxygen atoms in total. The van der Waals surface area contributed by atoms with Gasteiger partial charge in [0.15, 0.2) is 0 Å². The van der Waals surface area contributed by atoms with E-state index < -0.39 is 0 Å². The highest BCUT2D eigenvalue weighted by Crippen LogP contribution is 2.31. The zero-order valence-electron chi connectivity index (χ0n) is 12.7. The molecule has 0 saturated heterocycles. The summed E-state index contributed by atoms with van der Waals surface area (Å²) in [7, 11) is 0. The van der Waals surface area contributed by atoms with E-state index >= 15 is 0 Å². The Kier molecular flexibility index (Phi) is 7.25. The zero-order valence-corrected chi connectivity index (χ0v) is 12.7. The van der Waals surface area contributed by atoms with Crippen molar-refractivity contribution in [3.63, 3.8) is 0 Å². The monoisotopic (exact) mass is 256 g/mol. The van der Waals surface area contributed by atoms with E-state index in [9.17, 15) is 5.11 Å². The molecule has 0 radical (unpaired) electrons. The third-order valence-corrected chi connectivity index (χ3v) is 3.96. The fourth-order valence-electron chi connectivity index (χ4n) is 3.16. The molecule has 18 heavy (non-hydrogen) atoms. The van der Waals surface area contributed by atoms with Gasteiger partial charge in [0.25, 0.3) is 0 Å². The second-order valence-electron chi connectivity index (χ2n) is 6.60. The first kappa shape index (κ1) is 16.0. The number of hydrogen-bond acceptors (Lipinski definition) is 2. The van der Waals surface area contributed by atoms with Crippen molar-refractivity contribution in [1.29, 1.82) is 0 Å². The van der Waals surface area contributed by atoms with Gasteiger partial charge in [-0.1, -0.05) is 33.1 Å². The van der Waals surface area contributed by atoms with Gasteiger partial charge in [-0.3, -0.25) is 0 Å². The summed E-state index contributed by atoms with van der Waals surface area (Å²) >= 11 is 0. The van der Waals surface area contributed by atoms with Crippen molar-refractivity contribution in [2.45, 2.75) is 91.0 Å². The lowest BCUT2D eigenvalue weighted by Gasteiger charge is -2.33. The van der Waals surface area contributed by atoms with Crippen LogP contribution in [0.1, 0.15) is 72.6 Å². The van der Waals surface area contributed by atoms with Gasteiger partial charge in [0.05, 0.1) is 18.3 Å². The normalized spacial score (nSPS) is 23.0. The van der Waals surface area contributed by atoms with Crippen LogP contribution in [0, 0.1) is 11.8 Å². The van der Waals surface area contributed by atoms with Gasteiger partial charge in [0.2, 0.25) is 0 Å². The lowest BCUT2D eigenvalue weighted by molar-refractivity contribution is -0.0662. The number of aliphatic hydroxyl groups excluding tert-OH is 1. The molecule has 1 saturated carbocycles. The van der Waals surface area contributed by atoms with Crippen LogP contribution in [-0.2, 0) is 4.74 Å². The summed E-state index contributed by atoms with van der Waals surface area (Å²) in [4.78, 5) is 0. The molecule has 1 aliphatic carbocycles. The Morgan fingerprint density at radius 3 is 2.11 bits per heavy atom. The maximum atomic E-state index is 9.45. The van der Waals surface area contributed by atoms with Crippen LogP contribution in [0.2, 0.25) is 0 Å². The Bertz CT molecular complexity index is 207. The van der Waals surface area contributed by atoms with E-state index in [2.05, 4.69) is 20.8 Å². The summed E-state index contributed by atoms with van der Waals surface area (Å²) in [6.07, 6.45) is 9.03. The van der Waals surface area contributed by atoms with E-state index in [4.69, 9.17) is 4.74 Å². The third-order valence-electron chi connectivity index (χ3n) is 3.96. The Hall–Kier alpha value is -0.0800. The fraction of sp³-hybridized carbons (Fsp3) is 1.00. The number of rotatable bonds is 7. The molecule has 2 heteroatoms. The van der Waals surface area contributed by atoms with E-state index in [0.717, 1.165) is 18.8 Å². The minimum Gasteiger partial charge on any atom is -0.393 e. The van der Waals surface area contributed by atoms with Gasteiger partial charge in [0.1, 0.15) is 0 Å². The molecule has 0 amide bonds. The first-order valence-corrected chi connectivity index (χ1v) is 7.82. The van der Waals surface area contributed by atoms with Crippen LogP contribution in [0.3, 0.4) is 0 Å². The average Bonchev–Trinajstić information content (AvgIpc) is 2.27. The maximum absolute atomic E-state index is 9.45. The quantitative estimate of drug-likeness (QED) is 0.741. The van der Waals surface area contributed by atoms with Crippen LogP contribution in [0.4, 0.5) is 0 Å². The number of ether oxygens (including phenoxy) is 1. The van der Waals surface area contributed by atoms with E-state index in [1.165, 1.54) is 32.1 Å². The molecule has 0 unspecified atom stereocenters. The molecule has 0 bridgehead atoms. The lowest BCUT2D eigenvalue weighted by atomic mass is 9.82. The molecular formula is C16H32O2. The second kappa shape index (κ2) is 8.16. The molecule has 1 aliphatic rings. The summed E-state index contributed by atoms with van der Waals surface area (Å²) < 4.78 is 6.25. The van der Waals surface area contributed by atoms with Crippen LogP contribution in [-0.4, -0.2) is 23.4 Å². The molecule has 0 aromatic carbocycles. The van der Waals surface area contributed by atoms with Crippen molar-refractivity contribution in [3.8, 4) is 0 Å². The average molecular weight is 256 g/mol. The Morgan fingerprint density at radius 2 is 1.61 bits per heavy atom. The molecule has 0 spiro atoms. The first-order chi connectivity index (χ1) is 8.49. The van der Waals surface area contributed by atoms with E-state index in [-0.39, 0.29) is 12.2 Å². The third kappa shape index (κ3) is 6.19. The molecule has 1 fully saturated rings. The summed E-state index contributed by atoms with van der Waals surface area (Å²) in [6.45, 7) is 8.50. The molecule has 0 heterocycles. The van der Waals surface area contributed by atoms with Crippen molar-refractivity contribution in [3.05, 3.63) is 0 Å². The van der Waals surface area contributed by atoms with Crippen molar-refractivity contribution in [2.75, 3.05) is 0 Å². The summed E-state index contributed by atoms with van der Waals surface area (Å²) in [5, 5.41) is 9.45. The van der Waals surface area contributed by atoms with Crippen molar-refractivity contribution < 1.29 is 9.84 Å². The van der Waals surface area contributed by atoms with Gasteiger partial charge in [-0.15, -0.1) is 0 Å². The van der Waals surface area contributed by atoms with Crippen molar-refractivity contribution in [2.24, 2.45) is 11.8 Å². The van der Waals surface area contributed by atoms with Crippen LogP contribution < -0.4 is 0 Å². The zero-order chi connectivity index (χ0) is 13.5. The first-order valence-electron chi connectivity index (χ1n) is 7.82. The van der Waals surface area contributed by atoms with E-state index in [0.29, 0.717) is 12.0 Å². The SMILES string of the molecule is CC(C)C[C@@H](O[C@H](C)C[C@@H](C)O)C1CCCCC1. The second-order valence-corrected chi connectivity index (χ2v) is 6.60. The standard InChI is InChI=1S/C16H32O2/c1-12(2)10-16(15-8-6-5-7-9-15)18-14(4)11-13(3)17/h12-17H,5-11H2,1-4H3/t13-,14-,16-/m1/s1. The highest BCUT2D eigenvalue weighted by molar-refractivity contribution is 4.77. The highest BCUT2D eigenvalue weighted by Gasteiger charge is 2.26. The van der Waals surface area contributed by atoms with Gasteiger partial charge >= 0.3 is 0 Å². The highest BCUT2D eigenvalue weighted by atomic mass is 16.5. The molecule has 1 N–H and O–H groups in total. The topological polar surface area (TPSA) is 29.5 Å². The Morgan fingerprint density at radius 1 is 1.00 bits per heavy atom. The predicted octanol–water partition coefficient (Wildman–Crippen LogP) is 4.16. The van der Waals surface area contributed by atoms with Gasteiger partial charge in [-0.05, 0) is 51.4 Å². The lowest BCUT2D eigenvalue weighted by Crippen LogP contribution is -2.32. The molecule has 1 rings (SSSR count). The van der Waals surface area contributed by atoms with E-state index in [1.54, 1.807) is 0 Å². The Balaban J connectivity index is 2.48. The number of hydrogen-bond donors (Lipinski definition) is 1. The summed E-state index contributed by atoms with van der Waals surface area (Å²) in [5.41, 5.74) is 0. The van der Waals surface area contributed by atoms with Crippen LogP contribution in [0.15, 0.2) is 0 Å². The smallest absolute Gasteiger partial charge is 0.0609 e. The van der Waals surface area contributed by atoms with Crippen LogP contribution >= 0.6 is 0 Å². The van der Waals surface area contributed by atoms with Crippen LogP contribution in [0.25, 0.3) is 0 Å². The molecule has 0 aromatic rings.